The Kier molecular flexibility index (Phi) is 4.68. The Morgan fingerprint density at radius 2 is 2.25 bits per heavy atom. The van der Waals surface area contributed by atoms with Crippen LogP contribution in [0.2, 0.25) is 0 Å². The van der Waals surface area contributed by atoms with Crippen molar-refractivity contribution in [2.24, 2.45) is 5.73 Å². The van der Waals surface area contributed by atoms with Crippen LogP contribution >= 0.6 is 11.8 Å². The molecule has 1 aromatic carbocycles. The average molecular weight is 290 g/mol. The highest BCUT2D eigenvalue weighted by molar-refractivity contribution is 7.99. The molecule has 0 amide bonds. The van der Waals surface area contributed by atoms with Gasteiger partial charge in [-0.3, -0.25) is 10.1 Å². The highest BCUT2D eigenvalue weighted by Gasteiger charge is 2.14. The smallest absolute Gasteiger partial charge is 0.165 e. The maximum Gasteiger partial charge on any atom is 0.165 e. The largest absolute Gasteiger partial charge is 0.453 e. The minimum atomic E-state index is 0.0134. The lowest BCUT2D eigenvalue weighted by Crippen LogP contribution is -2.13. The van der Waals surface area contributed by atoms with Gasteiger partial charge in [0.25, 0.3) is 0 Å². The van der Waals surface area contributed by atoms with Gasteiger partial charge in [0.2, 0.25) is 0 Å². The summed E-state index contributed by atoms with van der Waals surface area (Å²) < 4.78 is 7.61. The van der Waals surface area contributed by atoms with E-state index in [2.05, 4.69) is 12.0 Å². The number of ether oxygens (including phenoxy) is 1. The Morgan fingerprint density at radius 1 is 1.45 bits per heavy atom. The normalized spacial score (nSPS) is 10.5. The number of nitrogens with zero attached hydrogens (tertiary/aromatic N) is 2. The fourth-order valence-corrected chi connectivity index (χ4v) is 2.68. The number of amidine groups is 1. The molecule has 0 radical (unpaired) electrons. The first-order chi connectivity index (χ1) is 9.65. The van der Waals surface area contributed by atoms with Crippen LogP contribution < -0.4 is 10.5 Å². The fourth-order valence-electron chi connectivity index (χ4n) is 1.83. The number of aryl methyl sites for hydroxylation is 1. The van der Waals surface area contributed by atoms with E-state index >= 15 is 0 Å². The number of rotatable bonds is 6. The Hall–Kier alpha value is -1.95. The quantitative estimate of drug-likeness (QED) is 0.487. The van der Waals surface area contributed by atoms with Gasteiger partial charge in [-0.05, 0) is 24.8 Å². The van der Waals surface area contributed by atoms with Gasteiger partial charge in [0.1, 0.15) is 11.6 Å². The van der Waals surface area contributed by atoms with E-state index in [0.717, 1.165) is 17.2 Å². The highest BCUT2D eigenvalue weighted by Crippen LogP contribution is 2.32. The second-order valence-electron chi connectivity index (χ2n) is 4.11. The van der Waals surface area contributed by atoms with E-state index in [-0.39, 0.29) is 5.84 Å². The van der Waals surface area contributed by atoms with Crippen LogP contribution in [0.4, 0.5) is 0 Å². The number of nitrogens with one attached hydrogen (secondary N) is 1. The van der Waals surface area contributed by atoms with Gasteiger partial charge in [-0.1, -0.05) is 13.0 Å². The van der Waals surface area contributed by atoms with Crippen LogP contribution in [0.25, 0.3) is 0 Å². The van der Waals surface area contributed by atoms with Crippen molar-refractivity contribution in [1.82, 2.24) is 9.78 Å². The van der Waals surface area contributed by atoms with E-state index in [0.29, 0.717) is 17.1 Å². The summed E-state index contributed by atoms with van der Waals surface area (Å²) in [5, 5.41) is 11.9. The van der Waals surface area contributed by atoms with Crippen LogP contribution in [-0.2, 0) is 6.54 Å². The van der Waals surface area contributed by atoms with Crippen molar-refractivity contribution in [2.45, 2.75) is 25.3 Å². The topological polar surface area (TPSA) is 76.9 Å². The second-order valence-corrected chi connectivity index (χ2v) is 5.42. The van der Waals surface area contributed by atoms with E-state index in [4.69, 9.17) is 15.9 Å². The Labute approximate surface area is 122 Å². The first-order valence-electron chi connectivity index (χ1n) is 6.46. The Bertz CT molecular complexity index is 609. The molecule has 0 aliphatic rings. The maximum atomic E-state index is 7.77. The minimum absolute atomic E-state index is 0.0134. The molecule has 0 aliphatic carbocycles. The highest BCUT2D eigenvalue weighted by atomic mass is 32.2. The van der Waals surface area contributed by atoms with E-state index in [9.17, 15) is 0 Å². The molecular weight excluding hydrogens is 272 g/mol. The Balaban J connectivity index is 2.35. The van der Waals surface area contributed by atoms with Crippen molar-refractivity contribution < 1.29 is 4.74 Å². The third kappa shape index (κ3) is 3.14. The third-order valence-corrected chi connectivity index (χ3v) is 3.66. The van der Waals surface area contributed by atoms with Gasteiger partial charge in [0.05, 0.1) is 18.0 Å². The van der Waals surface area contributed by atoms with Gasteiger partial charge in [-0.15, -0.1) is 11.8 Å². The number of nitrogen functional groups attached to an aromatic ring is 1. The van der Waals surface area contributed by atoms with Gasteiger partial charge in [-0.25, -0.2) is 0 Å². The zero-order valence-corrected chi connectivity index (χ0v) is 12.4. The molecule has 0 bridgehead atoms. The molecule has 6 heteroatoms. The predicted molar refractivity (Wildman–Crippen MR) is 81.8 cm³/mol. The van der Waals surface area contributed by atoms with E-state index in [1.165, 1.54) is 0 Å². The van der Waals surface area contributed by atoms with E-state index < -0.39 is 0 Å². The van der Waals surface area contributed by atoms with Crippen molar-refractivity contribution in [3.8, 4) is 11.5 Å². The summed E-state index contributed by atoms with van der Waals surface area (Å²) in [4.78, 5) is 0.959. The van der Waals surface area contributed by atoms with Crippen molar-refractivity contribution in [3.05, 3.63) is 36.2 Å². The SMILES string of the molecule is CCSc1cccc(Oc2cnn(CC)c2)c1C(=N)N. The fraction of sp³-hybridized carbons (Fsp3) is 0.286. The van der Waals surface area contributed by atoms with Crippen LogP contribution in [0.1, 0.15) is 19.4 Å². The monoisotopic (exact) mass is 290 g/mol. The van der Waals surface area contributed by atoms with Gasteiger partial charge < -0.3 is 10.5 Å². The summed E-state index contributed by atoms with van der Waals surface area (Å²) in [6, 6.07) is 5.68. The minimum Gasteiger partial charge on any atom is -0.453 e. The molecule has 106 valence electrons. The van der Waals surface area contributed by atoms with Crippen LogP contribution in [0.15, 0.2) is 35.5 Å². The zero-order valence-electron chi connectivity index (χ0n) is 11.6. The molecule has 20 heavy (non-hydrogen) atoms. The molecule has 2 rings (SSSR count). The lowest BCUT2D eigenvalue weighted by atomic mass is 10.2. The summed E-state index contributed by atoms with van der Waals surface area (Å²) in [5.41, 5.74) is 6.34. The molecule has 1 aromatic heterocycles. The standard InChI is InChI=1S/C14H18N4OS/c1-3-18-9-10(8-17-18)19-11-6-5-7-12(20-4-2)13(11)14(15)16/h5-9H,3-4H2,1-2H3,(H3,15,16). The van der Waals surface area contributed by atoms with Gasteiger partial charge in [-0.2, -0.15) is 5.10 Å². The average Bonchev–Trinajstić information content (AvgIpc) is 2.86. The van der Waals surface area contributed by atoms with Crippen molar-refractivity contribution in [3.63, 3.8) is 0 Å². The van der Waals surface area contributed by atoms with Crippen LogP contribution in [0.3, 0.4) is 0 Å². The zero-order chi connectivity index (χ0) is 14.5. The number of thioether (sulfide) groups is 1. The van der Waals surface area contributed by atoms with Crippen molar-refractivity contribution in [2.75, 3.05) is 5.75 Å². The molecule has 3 N–H and O–H groups in total. The van der Waals surface area contributed by atoms with Crippen LogP contribution in [-0.4, -0.2) is 21.4 Å². The molecule has 0 saturated heterocycles. The van der Waals surface area contributed by atoms with Gasteiger partial charge in [0, 0.05) is 11.4 Å². The molecule has 5 nitrogen and oxygen atoms in total. The van der Waals surface area contributed by atoms with E-state index in [1.807, 2.05) is 31.3 Å². The molecule has 1 heterocycles. The molecule has 2 aromatic rings. The van der Waals surface area contributed by atoms with Crippen molar-refractivity contribution >= 4 is 17.6 Å². The van der Waals surface area contributed by atoms with Crippen LogP contribution in [0, 0.1) is 5.41 Å². The third-order valence-electron chi connectivity index (χ3n) is 2.72. The molecule has 0 saturated carbocycles. The Morgan fingerprint density at radius 3 is 2.85 bits per heavy atom. The van der Waals surface area contributed by atoms with Crippen molar-refractivity contribution in [1.29, 1.82) is 5.41 Å². The first kappa shape index (κ1) is 14.5. The summed E-state index contributed by atoms with van der Waals surface area (Å²) >= 11 is 1.64. The molecule has 0 fully saturated rings. The van der Waals surface area contributed by atoms with Gasteiger partial charge >= 0.3 is 0 Å². The molecular formula is C14H18N4OS. The maximum absolute atomic E-state index is 7.77. The van der Waals surface area contributed by atoms with E-state index in [1.54, 1.807) is 22.6 Å². The predicted octanol–water partition coefficient (Wildman–Crippen LogP) is 3.09. The lowest BCUT2D eigenvalue weighted by molar-refractivity contribution is 0.478. The summed E-state index contributed by atoms with van der Waals surface area (Å²) in [5.74, 6) is 2.16. The second kappa shape index (κ2) is 6.47. The van der Waals surface area contributed by atoms with Gasteiger partial charge in [0.15, 0.2) is 5.75 Å². The summed E-state index contributed by atoms with van der Waals surface area (Å²) in [6.07, 6.45) is 3.48. The summed E-state index contributed by atoms with van der Waals surface area (Å²) in [6.45, 7) is 4.86. The molecule has 0 atom stereocenters. The number of benzene rings is 1. The number of hydrogen-bond acceptors (Lipinski definition) is 4. The lowest BCUT2D eigenvalue weighted by Gasteiger charge is -2.12. The molecule has 0 unspecified atom stereocenters. The summed E-state index contributed by atoms with van der Waals surface area (Å²) in [7, 11) is 0. The number of nitrogens with two attached hydrogens (primary N) is 1. The first-order valence-corrected chi connectivity index (χ1v) is 7.44. The number of hydrogen-bond donors (Lipinski definition) is 2. The molecule has 0 spiro atoms. The van der Waals surface area contributed by atoms with Crippen LogP contribution in [0.5, 0.6) is 11.5 Å². The molecule has 0 aliphatic heterocycles. The number of aromatic nitrogens is 2.